The number of anilines is 3. The number of hydrogen-bond acceptors (Lipinski definition) is 6. The van der Waals surface area contributed by atoms with Crippen LogP contribution in [0.5, 0.6) is 0 Å². The molecule has 42 heavy (non-hydrogen) atoms. The van der Waals surface area contributed by atoms with E-state index in [1.165, 1.54) is 11.8 Å². The number of aliphatic hydroxyl groups is 3. The van der Waals surface area contributed by atoms with Gasteiger partial charge in [-0.05, 0) is 54.8 Å². The van der Waals surface area contributed by atoms with E-state index in [-0.39, 0.29) is 25.0 Å². The molecule has 0 aliphatic carbocycles. The van der Waals surface area contributed by atoms with Gasteiger partial charge in [-0.1, -0.05) is 61.5 Å². The second-order valence-corrected chi connectivity index (χ2v) is 10.9. The van der Waals surface area contributed by atoms with Crippen LogP contribution in [0.2, 0.25) is 0 Å². The SMILES string of the molecule is C[C@H](O)C(=O)Nc1ccc2c(c1)[C@](O)([C@@H](C)/C=C/CC(=O)N1Cc3ccccc3C[C@H]1CO)C(=O)N2c1ccccc1. The van der Waals surface area contributed by atoms with E-state index < -0.39 is 29.4 Å². The maximum absolute atomic E-state index is 13.9. The fourth-order valence-corrected chi connectivity index (χ4v) is 5.70. The van der Waals surface area contributed by atoms with Gasteiger partial charge in [0.25, 0.3) is 11.8 Å². The first-order valence-corrected chi connectivity index (χ1v) is 14.0. The van der Waals surface area contributed by atoms with Crippen molar-refractivity contribution in [3.8, 4) is 0 Å². The van der Waals surface area contributed by atoms with Gasteiger partial charge in [0.05, 0.1) is 18.3 Å². The Morgan fingerprint density at radius 3 is 2.43 bits per heavy atom. The van der Waals surface area contributed by atoms with E-state index in [1.807, 2.05) is 30.3 Å². The van der Waals surface area contributed by atoms with Crippen molar-refractivity contribution in [1.29, 1.82) is 0 Å². The first kappa shape index (κ1) is 29.2. The molecule has 0 saturated heterocycles. The lowest BCUT2D eigenvalue weighted by Gasteiger charge is -2.36. The molecule has 9 nitrogen and oxygen atoms in total. The van der Waals surface area contributed by atoms with Gasteiger partial charge in [0.1, 0.15) is 6.10 Å². The topological polar surface area (TPSA) is 130 Å². The molecule has 0 fully saturated rings. The van der Waals surface area contributed by atoms with Gasteiger partial charge in [-0.25, -0.2) is 0 Å². The van der Waals surface area contributed by atoms with Gasteiger partial charge in [0, 0.05) is 35.8 Å². The molecule has 4 N–H and O–H groups in total. The Morgan fingerprint density at radius 1 is 1.05 bits per heavy atom. The first-order chi connectivity index (χ1) is 20.1. The first-order valence-electron chi connectivity index (χ1n) is 14.0. The summed E-state index contributed by atoms with van der Waals surface area (Å²) in [6.07, 6.45) is 2.68. The smallest absolute Gasteiger partial charge is 0.268 e. The summed E-state index contributed by atoms with van der Waals surface area (Å²) < 4.78 is 0. The van der Waals surface area contributed by atoms with Gasteiger partial charge in [0.2, 0.25) is 5.91 Å². The summed E-state index contributed by atoms with van der Waals surface area (Å²) in [6.45, 7) is 3.31. The van der Waals surface area contributed by atoms with Crippen LogP contribution in [0.1, 0.15) is 37.0 Å². The number of nitrogens with one attached hydrogen (secondary N) is 1. The molecule has 0 aromatic heterocycles. The molecule has 3 aromatic carbocycles. The van der Waals surface area contributed by atoms with Crippen LogP contribution < -0.4 is 10.2 Å². The lowest BCUT2D eigenvalue weighted by molar-refractivity contribution is -0.138. The van der Waals surface area contributed by atoms with Crippen molar-refractivity contribution in [3.05, 3.63) is 102 Å². The van der Waals surface area contributed by atoms with E-state index in [2.05, 4.69) is 5.32 Å². The van der Waals surface area contributed by atoms with Crippen molar-refractivity contribution in [1.82, 2.24) is 4.90 Å². The van der Waals surface area contributed by atoms with Gasteiger partial charge in [0.15, 0.2) is 5.60 Å². The number of nitrogens with zero attached hydrogens (tertiary/aromatic N) is 2. The number of fused-ring (bicyclic) bond motifs is 2. The van der Waals surface area contributed by atoms with Crippen LogP contribution in [0, 0.1) is 5.92 Å². The fourth-order valence-electron chi connectivity index (χ4n) is 5.70. The standard InChI is InChI=1S/C33H35N3O6/c1-21(9-8-14-30(39)35-19-24-11-7-6-10-23(24)17-27(35)20-37)33(42)28-18-25(34-31(40)22(2)38)15-16-29(28)36(32(33)41)26-12-4-3-5-13-26/h3-13,15-16,18,21-22,27,37-38,42H,14,17,19-20H2,1-2H3,(H,34,40)/b9-8+/t21-,22-,27-,33+/m0/s1. The van der Waals surface area contributed by atoms with Crippen LogP contribution in [0.4, 0.5) is 17.1 Å². The average Bonchev–Trinajstić information content (AvgIpc) is 3.23. The monoisotopic (exact) mass is 569 g/mol. The lowest BCUT2D eigenvalue weighted by atomic mass is 9.82. The number of carbonyl (C=O) groups excluding carboxylic acids is 3. The predicted octanol–water partition coefficient (Wildman–Crippen LogP) is 3.40. The minimum absolute atomic E-state index is 0.0347. The van der Waals surface area contributed by atoms with Crippen molar-refractivity contribution < 1.29 is 29.7 Å². The van der Waals surface area contributed by atoms with E-state index in [0.717, 1.165) is 11.1 Å². The van der Waals surface area contributed by atoms with Crippen molar-refractivity contribution in [2.24, 2.45) is 5.92 Å². The summed E-state index contributed by atoms with van der Waals surface area (Å²) in [5, 5.41) is 34.2. The summed E-state index contributed by atoms with van der Waals surface area (Å²) in [5.74, 6) is -2.08. The Morgan fingerprint density at radius 2 is 1.74 bits per heavy atom. The second-order valence-electron chi connectivity index (χ2n) is 10.9. The van der Waals surface area contributed by atoms with Crippen molar-refractivity contribution in [2.45, 2.75) is 51.0 Å². The molecule has 0 bridgehead atoms. The number of amides is 3. The Hall–Kier alpha value is -4.31. The molecule has 218 valence electrons. The maximum atomic E-state index is 13.9. The summed E-state index contributed by atoms with van der Waals surface area (Å²) >= 11 is 0. The van der Waals surface area contributed by atoms with E-state index in [4.69, 9.17) is 0 Å². The molecule has 0 radical (unpaired) electrons. The highest BCUT2D eigenvalue weighted by Gasteiger charge is 2.53. The third-order valence-electron chi connectivity index (χ3n) is 8.10. The van der Waals surface area contributed by atoms with E-state index >= 15 is 0 Å². The minimum Gasteiger partial charge on any atom is -0.394 e. The molecule has 4 atom stereocenters. The zero-order valence-electron chi connectivity index (χ0n) is 23.6. The molecule has 0 saturated carbocycles. The number of aliphatic hydroxyl groups excluding tert-OH is 2. The fraction of sp³-hybridized carbons (Fsp3) is 0.303. The van der Waals surface area contributed by atoms with E-state index in [1.54, 1.807) is 66.4 Å². The van der Waals surface area contributed by atoms with Gasteiger partial charge < -0.3 is 25.5 Å². The normalized spacial score (nSPS) is 21.2. The van der Waals surface area contributed by atoms with Gasteiger partial charge in [-0.2, -0.15) is 0 Å². The molecular formula is C33H35N3O6. The lowest BCUT2D eigenvalue weighted by Crippen LogP contribution is -2.46. The largest absolute Gasteiger partial charge is 0.394 e. The average molecular weight is 570 g/mol. The number of hydrogen-bond donors (Lipinski definition) is 4. The molecule has 0 spiro atoms. The highest BCUT2D eigenvalue weighted by atomic mass is 16.3. The summed E-state index contributed by atoms with van der Waals surface area (Å²) in [6, 6.07) is 21.3. The zero-order chi connectivity index (χ0) is 30.0. The van der Waals surface area contributed by atoms with Crippen LogP contribution in [0.3, 0.4) is 0 Å². The van der Waals surface area contributed by atoms with Gasteiger partial charge in [-0.15, -0.1) is 0 Å². The Balaban J connectivity index is 1.40. The van der Waals surface area contributed by atoms with E-state index in [0.29, 0.717) is 35.6 Å². The number of para-hydroxylation sites is 1. The predicted molar refractivity (Wildman–Crippen MR) is 159 cm³/mol. The summed E-state index contributed by atoms with van der Waals surface area (Å²) in [4.78, 5) is 42.4. The summed E-state index contributed by atoms with van der Waals surface area (Å²) in [7, 11) is 0. The van der Waals surface area contributed by atoms with Gasteiger partial charge >= 0.3 is 0 Å². The number of carbonyl (C=O) groups is 3. The van der Waals surface area contributed by atoms with Crippen LogP contribution in [0.25, 0.3) is 0 Å². The molecule has 2 aliphatic rings. The van der Waals surface area contributed by atoms with Crippen LogP contribution in [0.15, 0.2) is 84.9 Å². The zero-order valence-corrected chi connectivity index (χ0v) is 23.6. The molecule has 0 unspecified atom stereocenters. The van der Waals surface area contributed by atoms with Crippen LogP contribution in [-0.4, -0.2) is 56.7 Å². The minimum atomic E-state index is -1.99. The maximum Gasteiger partial charge on any atom is 0.268 e. The van der Waals surface area contributed by atoms with Crippen molar-refractivity contribution in [3.63, 3.8) is 0 Å². The molecule has 9 heteroatoms. The summed E-state index contributed by atoms with van der Waals surface area (Å²) in [5.41, 5.74) is 1.86. The Bertz CT molecular complexity index is 1520. The molecule has 2 aliphatic heterocycles. The van der Waals surface area contributed by atoms with Crippen molar-refractivity contribution >= 4 is 34.8 Å². The van der Waals surface area contributed by atoms with E-state index in [9.17, 15) is 29.7 Å². The molecule has 2 heterocycles. The quantitative estimate of drug-likeness (QED) is 0.308. The highest BCUT2D eigenvalue weighted by Crippen LogP contribution is 2.49. The number of rotatable bonds is 8. The molecular weight excluding hydrogens is 534 g/mol. The highest BCUT2D eigenvalue weighted by molar-refractivity contribution is 6.12. The third-order valence-corrected chi connectivity index (χ3v) is 8.10. The van der Waals surface area contributed by atoms with Gasteiger partial charge in [-0.3, -0.25) is 19.3 Å². The third kappa shape index (κ3) is 5.34. The molecule has 5 rings (SSSR count). The second kappa shape index (κ2) is 11.9. The Labute approximate surface area is 244 Å². The Kier molecular flexibility index (Phi) is 8.27. The number of benzene rings is 3. The molecule has 3 amide bonds. The van der Waals surface area contributed by atoms with Crippen LogP contribution >= 0.6 is 0 Å². The molecule has 3 aromatic rings. The van der Waals surface area contributed by atoms with Crippen LogP contribution in [-0.2, 0) is 33.0 Å². The van der Waals surface area contributed by atoms with Crippen molar-refractivity contribution in [2.75, 3.05) is 16.8 Å².